The summed E-state index contributed by atoms with van der Waals surface area (Å²) < 4.78 is 2.23. The zero-order valence-electron chi connectivity index (χ0n) is 17.0. The Balaban J connectivity index is 2.07. The molecule has 0 saturated heterocycles. The van der Waals surface area contributed by atoms with Crippen molar-refractivity contribution in [2.75, 3.05) is 7.05 Å². The van der Waals surface area contributed by atoms with Crippen molar-refractivity contribution in [3.8, 4) is 0 Å². The SMILES string of the molecule is C=C(C/C=C(/C)NC)CCCc1nc2cc(/C=C/C(=O)NO)ccc2n1CC. The molecule has 3 N–H and O–H groups in total. The third kappa shape index (κ3) is 5.82. The second-order valence-corrected chi connectivity index (χ2v) is 6.77. The Morgan fingerprint density at radius 3 is 2.86 bits per heavy atom. The molecule has 0 fully saturated rings. The van der Waals surface area contributed by atoms with Crippen LogP contribution in [0.2, 0.25) is 0 Å². The summed E-state index contributed by atoms with van der Waals surface area (Å²) in [6.07, 6.45) is 8.88. The maximum atomic E-state index is 11.1. The molecule has 0 aliphatic carbocycles. The van der Waals surface area contributed by atoms with Gasteiger partial charge in [0.2, 0.25) is 0 Å². The zero-order chi connectivity index (χ0) is 20.5. The van der Waals surface area contributed by atoms with Crippen LogP contribution in [0.5, 0.6) is 0 Å². The molecule has 0 saturated carbocycles. The Labute approximate surface area is 166 Å². The normalized spacial score (nSPS) is 11.9. The van der Waals surface area contributed by atoms with Gasteiger partial charge in [0, 0.05) is 31.8 Å². The van der Waals surface area contributed by atoms with Crippen molar-refractivity contribution in [2.24, 2.45) is 0 Å². The third-order valence-corrected chi connectivity index (χ3v) is 4.73. The van der Waals surface area contributed by atoms with E-state index in [1.165, 1.54) is 11.6 Å². The summed E-state index contributed by atoms with van der Waals surface area (Å²) in [5.41, 5.74) is 6.84. The first-order valence-corrected chi connectivity index (χ1v) is 9.61. The number of nitrogens with zero attached hydrogens (tertiary/aromatic N) is 2. The van der Waals surface area contributed by atoms with Crippen LogP contribution in [0.3, 0.4) is 0 Å². The molecule has 2 aromatic rings. The predicted octanol–water partition coefficient (Wildman–Crippen LogP) is 3.97. The molecule has 0 radical (unpaired) electrons. The first-order chi connectivity index (χ1) is 13.5. The monoisotopic (exact) mass is 382 g/mol. The van der Waals surface area contributed by atoms with Gasteiger partial charge in [0.1, 0.15) is 5.82 Å². The lowest BCUT2D eigenvalue weighted by Crippen LogP contribution is -2.14. The molecule has 1 aromatic carbocycles. The molecule has 1 aromatic heterocycles. The van der Waals surface area contributed by atoms with Gasteiger partial charge >= 0.3 is 0 Å². The second-order valence-electron chi connectivity index (χ2n) is 6.77. The maximum absolute atomic E-state index is 11.1. The predicted molar refractivity (Wildman–Crippen MR) is 114 cm³/mol. The first kappa shape index (κ1) is 21.4. The van der Waals surface area contributed by atoms with Gasteiger partial charge in [0.05, 0.1) is 11.0 Å². The Kier molecular flexibility index (Phi) is 8.02. The third-order valence-electron chi connectivity index (χ3n) is 4.73. The number of amides is 1. The Morgan fingerprint density at radius 1 is 1.39 bits per heavy atom. The minimum Gasteiger partial charge on any atom is -0.392 e. The van der Waals surface area contributed by atoms with E-state index < -0.39 is 5.91 Å². The van der Waals surface area contributed by atoms with Crippen molar-refractivity contribution < 1.29 is 10.0 Å². The number of aromatic nitrogens is 2. The molecule has 1 heterocycles. The molecule has 1 amide bonds. The molecule has 0 atom stereocenters. The van der Waals surface area contributed by atoms with Crippen molar-refractivity contribution in [2.45, 2.75) is 46.1 Å². The van der Waals surface area contributed by atoms with Crippen LogP contribution in [0.1, 0.15) is 44.5 Å². The topological polar surface area (TPSA) is 79.2 Å². The van der Waals surface area contributed by atoms with Gasteiger partial charge in [-0.3, -0.25) is 10.0 Å². The lowest BCUT2D eigenvalue weighted by atomic mass is 10.1. The van der Waals surface area contributed by atoms with Gasteiger partial charge < -0.3 is 9.88 Å². The van der Waals surface area contributed by atoms with E-state index in [-0.39, 0.29) is 0 Å². The van der Waals surface area contributed by atoms with Crippen LogP contribution < -0.4 is 10.8 Å². The molecule has 0 spiro atoms. The van der Waals surface area contributed by atoms with E-state index >= 15 is 0 Å². The summed E-state index contributed by atoms with van der Waals surface area (Å²) in [6, 6.07) is 5.92. The average molecular weight is 383 g/mol. The van der Waals surface area contributed by atoms with Crippen LogP contribution in [0.25, 0.3) is 17.1 Å². The largest absolute Gasteiger partial charge is 0.392 e. The summed E-state index contributed by atoms with van der Waals surface area (Å²) in [5.74, 6) is 0.515. The minimum absolute atomic E-state index is 0.556. The number of carbonyl (C=O) groups excluding carboxylic acids is 1. The lowest BCUT2D eigenvalue weighted by Gasteiger charge is -2.07. The number of imidazole rings is 1. The molecule has 0 aliphatic heterocycles. The highest BCUT2D eigenvalue weighted by Crippen LogP contribution is 2.21. The van der Waals surface area contributed by atoms with E-state index in [2.05, 4.69) is 36.4 Å². The minimum atomic E-state index is -0.556. The van der Waals surface area contributed by atoms with Gasteiger partial charge in [-0.05, 0) is 56.9 Å². The van der Waals surface area contributed by atoms with Crippen LogP contribution in [-0.4, -0.2) is 27.7 Å². The molecule has 6 heteroatoms. The summed E-state index contributed by atoms with van der Waals surface area (Å²) in [5, 5.41) is 11.7. The molecule has 2 rings (SSSR count). The van der Waals surface area contributed by atoms with Crippen LogP contribution in [0, 0.1) is 0 Å². The smallest absolute Gasteiger partial charge is 0.267 e. The molecule has 0 bridgehead atoms. The summed E-state index contributed by atoms with van der Waals surface area (Å²) in [4.78, 5) is 15.9. The summed E-state index contributed by atoms with van der Waals surface area (Å²) in [7, 11) is 1.92. The molecule has 0 aliphatic rings. The maximum Gasteiger partial charge on any atom is 0.267 e. The van der Waals surface area contributed by atoms with Crippen LogP contribution in [0.4, 0.5) is 0 Å². The molecule has 6 nitrogen and oxygen atoms in total. The number of aryl methyl sites for hydroxylation is 2. The molecule has 150 valence electrons. The molecular weight excluding hydrogens is 352 g/mol. The van der Waals surface area contributed by atoms with E-state index in [0.29, 0.717) is 0 Å². The van der Waals surface area contributed by atoms with E-state index in [1.807, 2.05) is 25.2 Å². The van der Waals surface area contributed by atoms with Crippen LogP contribution in [0.15, 0.2) is 48.2 Å². The Hall–Kier alpha value is -2.86. The highest BCUT2D eigenvalue weighted by atomic mass is 16.5. The van der Waals surface area contributed by atoms with Gasteiger partial charge in [0.25, 0.3) is 5.91 Å². The number of carbonyl (C=O) groups is 1. The standard InChI is InChI=1S/C22H30N4O2/c1-5-26-20-13-11-18(12-14-22(27)25-28)15-19(20)24-21(26)8-6-7-16(2)9-10-17(3)23-4/h10-15,23,28H,2,5-9H2,1,3-4H3,(H,25,27)/b14-12+,17-10-. The number of hydrogen-bond acceptors (Lipinski definition) is 4. The second kappa shape index (κ2) is 10.5. The molecular formula is C22H30N4O2. The average Bonchev–Trinajstić information content (AvgIpc) is 3.06. The van der Waals surface area contributed by atoms with Crippen LogP contribution in [-0.2, 0) is 17.8 Å². The van der Waals surface area contributed by atoms with Crippen molar-refractivity contribution in [3.05, 3.63) is 59.6 Å². The van der Waals surface area contributed by atoms with E-state index in [9.17, 15) is 4.79 Å². The number of hydrogen-bond donors (Lipinski definition) is 3. The van der Waals surface area contributed by atoms with Gasteiger partial charge in [-0.2, -0.15) is 0 Å². The number of allylic oxidation sites excluding steroid dienone is 3. The quantitative estimate of drug-likeness (QED) is 0.251. The number of fused-ring (bicyclic) bond motifs is 1. The van der Waals surface area contributed by atoms with Crippen molar-refractivity contribution in [3.63, 3.8) is 0 Å². The number of hydroxylamine groups is 1. The van der Waals surface area contributed by atoms with Crippen LogP contribution >= 0.6 is 0 Å². The Bertz CT molecular complexity index is 893. The first-order valence-electron chi connectivity index (χ1n) is 9.61. The highest BCUT2D eigenvalue weighted by molar-refractivity contribution is 5.91. The summed E-state index contributed by atoms with van der Waals surface area (Å²) >= 11 is 0. The van der Waals surface area contributed by atoms with E-state index in [4.69, 9.17) is 10.2 Å². The number of nitrogens with one attached hydrogen (secondary N) is 2. The highest BCUT2D eigenvalue weighted by Gasteiger charge is 2.10. The van der Waals surface area contributed by atoms with Gasteiger partial charge in [-0.15, -0.1) is 0 Å². The number of rotatable bonds is 10. The lowest BCUT2D eigenvalue weighted by molar-refractivity contribution is -0.124. The van der Waals surface area contributed by atoms with Gasteiger partial charge in [-0.1, -0.05) is 24.3 Å². The van der Waals surface area contributed by atoms with Crippen molar-refractivity contribution in [1.82, 2.24) is 20.3 Å². The fourth-order valence-electron chi connectivity index (χ4n) is 3.05. The van der Waals surface area contributed by atoms with Crippen molar-refractivity contribution >= 4 is 23.0 Å². The number of benzene rings is 1. The fourth-order valence-corrected chi connectivity index (χ4v) is 3.05. The van der Waals surface area contributed by atoms with Crippen molar-refractivity contribution in [1.29, 1.82) is 0 Å². The van der Waals surface area contributed by atoms with Gasteiger partial charge in [0.15, 0.2) is 0 Å². The van der Waals surface area contributed by atoms with Gasteiger partial charge in [-0.25, -0.2) is 10.5 Å². The molecule has 28 heavy (non-hydrogen) atoms. The zero-order valence-corrected chi connectivity index (χ0v) is 17.0. The Morgan fingerprint density at radius 2 is 2.18 bits per heavy atom. The van der Waals surface area contributed by atoms with E-state index in [0.717, 1.165) is 60.3 Å². The summed E-state index contributed by atoms with van der Waals surface area (Å²) in [6.45, 7) is 9.20. The molecule has 0 unspecified atom stereocenters. The fraction of sp³-hybridized carbons (Fsp3) is 0.364. The van der Waals surface area contributed by atoms with E-state index in [1.54, 1.807) is 11.6 Å².